The number of nitrogens with one attached hydrogen (secondary N) is 2. The first-order valence-electron chi connectivity index (χ1n) is 13.6. The molecule has 0 aromatic heterocycles. The van der Waals surface area contributed by atoms with Gasteiger partial charge in [-0.25, -0.2) is 4.84 Å². The van der Waals surface area contributed by atoms with E-state index in [1.165, 1.54) is 48.5 Å². The summed E-state index contributed by atoms with van der Waals surface area (Å²) in [5.74, 6) is 0. The highest BCUT2D eigenvalue weighted by atomic mass is 79.9. The highest BCUT2D eigenvalue weighted by Gasteiger charge is 2.06. The summed E-state index contributed by atoms with van der Waals surface area (Å²) in [5.41, 5.74) is 4.46. The van der Waals surface area contributed by atoms with Crippen molar-refractivity contribution in [2.24, 2.45) is 0 Å². The number of hydrogen-bond donors (Lipinski definition) is 2. The average molecular weight is 718 g/mol. The number of nitrogens with zero attached hydrogens (tertiary/aromatic N) is 4. The Kier molecular flexibility index (Phi) is 16.4. The van der Waals surface area contributed by atoms with Crippen LogP contribution in [0.1, 0.15) is 22.3 Å². The molecule has 0 saturated carbocycles. The highest BCUT2D eigenvalue weighted by molar-refractivity contribution is 9.08. The van der Waals surface area contributed by atoms with E-state index in [0.29, 0.717) is 13.1 Å². The molecule has 16 heteroatoms. The zero-order valence-corrected chi connectivity index (χ0v) is 26.6. The van der Waals surface area contributed by atoms with Crippen molar-refractivity contribution in [1.82, 2.24) is 10.2 Å². The van der Waals surface area contributed by atoms with Crippen LogP contribution in [-0.4, -0.2) is 32.8 Å². The smallest absolute Gasteiger partial charge is 0.269 e. The SMILES string of the molecule is O=[N+]([O-])c1ccc(CBr)cc1.O=[N+]([O-])c1ccc(CCNCc2ccc([N+](=O)[O-])cc2)cc1.O=[N+]([O-])c1ccc(CCNCl)cc1. The fourth-order valence-corrected chi connectivity index (χ4v) is 4.14. The molecule has 0 aliphatic carbocycles. The Labute approximate surface area is 277 Å². The van der Waals surface area contributed by atoms with Gasteiger partial charge in [0.05, 0.1) is 19.7 Å². The lowest BCUT2D eigenvalue weighted by Gasteiger charge is -2.05. The van der Waals surface area contributed by atoms with Crippen LogP contribution in [-0.2, 0) is 24.7 Å². The molecule has 46 heavy (non-hydrogen) atoms. The molecule has 4 aromatic rings. The maximum atomic E-state index is 10.5. The molecule has 0 radical (unpaired) electrons. The lowest BCUT2D eigenvalue weighted by molar-refractivity contribution is -0.385. The molecule has 0 unspecified atom stereocenters. The molecule has 0 bridgehead atoms. The minimum absolute atomic E-state index is 0.0784. The monoisotopic (exact) mass is 716 g/mol. The predicted octanol–water partition coefficient (Wildman–Crippen LogP) is 7.21. The van der Waals surface area contributed by atoms with Gasteiger partial charge in [0.15, 0.2) is 0 Å². The van der Waals surface area contributed by atoms with E-state index in [1.54, 1.807) is 48.5 Å². The molecule has 0 heterocycles. The standard InChI is InChI=1S/C15H15N3O4.C8H9ClN2O2.C7H6BrNO2/c19-17(20)14-5-1-12(2-6-14)9-10-16-11-13-3-7-15(8-4-13)18(21)22;9-10-6-5-7-1-3-8(4-2-7)11(12)13;8-5-6-1-3-7(4-2-6)9(10)11/h1-8,16H,9-11H2;1-4,10H,5-6H2;1-4H,5H2. The summed E-state index contributed by atoms with van der Waals surface area (Å²) in [5, 5.41) is 45.5. The highest BCUT2D eigenvalue weighted by Crippen LogP contribution is 2.15. The second-order valence-electron chi connectivity index (χ2n) is 9.39. The topological polar surface area (TPSA) is 197 Å². The van der Waals surface area contributed by atoms with Gasteiger partial charge < -0.3 is 5.32 Å². The van der Waals surface area contributed by atoms with Crippen molar-refractivity contribution in [3.63, 3.8) is 0 Å². The lowest BCUT2D eigenvalue weighted by atomic mass is 10.1. The van der Waals surface area contributed by atoms with Gasteiger partial charge in [-0.05, 0) is 53.4 Å². The number of benzene rings is 4. The molecule has 2 N–H and O–H groups in total. The van der Waals surface area contributed by atoms with Gasteiger partial charge >= 0.3 is 0 Å². The number of hydrogen-bond acceptors (Lipinski definition) is 10. The van der Waals surface area contributed by atoms with Gasteiger partial charge in [-0.3, -0.25) is 40.5 Å². The first-order chi connectivity index (χ1) is 22.0. The van der Waals surface area contributed by atoms with Crippen molar-refractivity contribution >= 4 is 50.5 Å². The molecule has 0 fully saturated rings. The zero-order chi connectivity index (χ0) is 33.9. The number of nitro groups is 4. The van der Waals surface area contributed by atoms with Crippen LogP contribution in [0.3, 0.4) is 0 Å². The van der Waals surface area contributed by atoms with Gasteiger partial charge in [0.2, 0.25) is 0 Å². The second-order valence-corrected chi connectivity index (χ2v) is 10.2. The molecule has 14 nitrogen and oxygen atoms in total. The Balaban J connectivity index is 0.000000261. The van der Waals surface area contributed by atoms with E-state index in [0.717, 1.165) is 47.0 Å². The summed E-state index contributed by atoms with van der Waals surface area (Å²) in [6.07, 6.45) is 1.52. The zero-order valence-electron chi connectivity index (χ0n) is 24.3. The van der Waals surface area contributed by atoms with E-state index < -0.39 is 19.7 Å². The van der Waals surface area contributed by atoms with Crippen molar-refractivity contribution in [3.05, 3.63) is 160 Å². The fraction of sp³-hybridized carbons (Fsp3) is 0.200. The molecule has 0 aliphatic heterocycles. The van der Waals surface area contributed by atoms with Crippen LogP contribution in [0.25, 0.3) is 0 Å². The molecule has 0 aliphatic rings. The maximum Gasteiger partial charge on any atom is 0.269 e. The van der Waals surface area contributed by atoms with Gasteiger partial charge in [0.1, 0.15) is 0 Å². The first-order valence-corrected chi connectivity index (χ1v) is 15.1. The van der Waals surface area contributed by atoms with Crippen molar-refractivity contribution in [1.29, 1.82) is 0 Å². The van der Waals surface area contributed by atoms with Crippen LogP contribution < -0.4 is 10.2 Å². The van der Waals surface area contributed by atoms with Gasteiger partial charge in [-0.1, -0.05) is 64.5 Å². The van der Waals surface area contributed by atoms with E-state index in [4.69, 9.17) is 11.8 Å². The molecular formula is C30H30BrClN6O8. The van der Waals surface area contributed by atoms with Crippen molar-refractivity contribution < 1.29 is 19.7 Å². The Morgan fingerprint density at radius 3 is 1.11 bits per heavy atom. The quantitative estimate of drug-likeness (QED) is 0.0469. The molecule has 242 valence electrons. The second kappa shape index (κ2) is 20.2. The summed E-state index contributed by atoms with van der Waals surface area (Å²) in [7, 11) is 0. The minimum Gasteiger partial charge on any atom is -0.312 e. The van der Waals surface area contributed by atoms with E-state index in [9.17, 15) is 40.5 Å². The van der Waals surface area contributed by atoms with E-state index >= 15 is 0 Å². The van der Waals surface area contributed by atoms with Crippen molar-refractivity contribution in [2.45, 2.75) is 24.7 Å². The molecule has 4 aromatic carbocycles. The number of rotatable bonds is 13. The molecule has 0 atom stereocenters. The van der Waals surface area contributed by atoms with Gasteiger partial charge in [0.25, 0.3) is 22.7 Å². The third kappa shape index (κ3) is 13.9. The van der Waals surface area contributed by atoms with E-state index in [1.807, 2.05) is 0 Å². The van der Waals surface area contributed by atoms with Crippen LogP contribution in [0.4, 0.5) is 22.7 Å². The third-order valence-electron chi connectivity index (χ3n) is 6.17. The Morgan fingerprint density at radius 1 is 0.500 bits per heavy atom. The first kappa shape index (κ1) is 37.4. The Morgan fingerprint density at radius 2 is 0.804 bits per heavy atom. The Hall–Kier alpha value is -4.83. The number of alkyl halides is 1. The summed E-state index contributed by atoms with van der Waals surface area (Å²) >= 11 is 8.52. The predicted molar refractivity (Wildman–Crippen MR) is 178 cm³/mol. The molecule has 0 saturated heterocycles. The number of non-ortho nitro benzene ring substituents is 4. The van der Waals surface area contributed by atoms with Crippen LogP contribution in [0.2, 0.25) is 0 Å². The minimum atomic E-state index is -0.425. The van der Waals surface area contributed by atoms with Crippen LogP contribution in [0.5, 0.6) is 0 Å². The number of nitro benzene ring substituents is 4. The normalized spacial score (nSPS) is 10.0. The van der Waals surface area contributed by atoms with Gasteiger partial charge in [0, 0.05) is 67.0 Å². The molecular weight excluding hydrogens is 688 g/mol. The Bertz CT molecular complexity index is 1500. The van der Waals surface area contributed by atoms with Crippen LogP contribution in [0.15, 0.2) is 97.1 Å². The summed E-state index contributed by atoms with van der Waals surface area (Å²) < 4.78 is 0. The average Bonchev–Trinajstić information content (AvgIpc) is 3.07. The summed E-state index contributed by atoms with van der Waals surface area (Å²) in [4.78, 5) is 42.4. The fourth-order valence-electron chi connectivity index (χ4n) is 3.67. The molecule has 4 rings (SSSR count). The third-order valence-corrected chi connectivity index (χ3v) is 7.01. The number of halogens is 2. The van der Waals surface area contributed by atoms with E-state index in [2.05, 4.69) is 26.1 Å². The van der Waals surface area contributed by atoms with Gasteiger partial charge in [-0.2, -0.15) is 0 Å². The van der Waals surface area contributed by atoms with Crippen molar-refractivity contribution in [2.75, 3.05) is 13.1 Å². The largest absolute Gasteiger partial charge is 0.312 e. The van der Waals surface area contributed by atoms with Gasteiger partial charge in [-0.15, -0.1) is 0 Å². The van der Waals surface area contributed by atoms with E-state index in [-0.39, 0.29) is 22.7 Å². The summed E-state index contributed by atoms with van der Waals surface area (Å²) in [6, 6.07) is 25.8. The van der Waals surface area contributed by atoms with Crippen LogP contribution >= 0.6 is 27.7 Å². The lowest BCUT2D eigenvalue weighted by Crippen LogP contribution is -2.16. The summed E-state index contributed by atoms with van der Waals surface area (Å²) in [6.45, 7) is 1.99. The van der Waals surface area contributed by atoms with Crippen LogP contribution in [0, 0.1) is 40.5 Å². The molecule has 0 amide bonds. The van der Waals surface area contributed by atoms with Crippen molar-refractivity contribution in [3.8, 4) is 0 Å². The molecule has 0 spiro atoms. The maximum absolute atomic E-state index is 10.5.